The van der Waals surface area contributed by atoms with Crippen LogP contribution in [0, 0.1) is 11.7 Å². The molecule has 4 nitrogen and oxygen atoms in total. The van der Waals surface area contributed by atoms with Crippen LogP contribution in [0.25, 0.3) is 0 Å². The van der Waals surface area contributed by atoms with Crippen LogP contribution in [-0.4, -0.2) is 21.0 Å². The highest BCUT2D eigenvalue weighted by atomic mass is 35.7. The number of esters is 1. The number of carbonyl (C=O) groups excluding carboxylic acids is 1. The molecule has 8 heteroatoms. The summed E-state index contributed by atoms with van der Waals surface area (Å²) in [6.45, 7) is 0.217. The Labute approximate surface area is 131 Å². The van der Waals surface area contributed by atoms with Crippen molar-refractivity contribution in [2.24, 2.45) is 5.92 Å². The van der Waals surface area contributed by atoms with E-state index in [1.54, 1.807) is 0 Å². The molecule has 1 aliphatic carbocycles. The minimum atomic E-state index is -4.16. The lowest BCUT2D eigenvalue weighted by molar-refractivity contribution is 0.0442. The van der Waals surface area contributed by atoms with Crippen molar-refractivity contribution < 1.29 is 22.3 Å². The molecule has 0 heterocycles. The lowest BCUT2D eigenvalue weighted by Gasteiger charge is -2.11. The summed E-state index contributed by atoms with van der Waals surface area (Å²) in [7, 11) is 0.988. The Hall–Kier alpha value is -0.850. The number of carbonyl (C=O) groups is 1. The first kappa shape index (κ1) is 16.5. The van der Waals surface area contributed by atoms with Gasteiger partial charge >= 0.3 is 5.97 Å². The standard InChI is InChI=1S/C13H13Cl2FO4S/c14-12-10(5-9(6-11(12)16)21(15,18)19)13(17)20-7-8-3-1-2-4-8/h5-6,8H,1-4,7H2. The van der Waals surface area contributed by atoms with Gasteiger partial charge in [-0.15, -0.1) is 0 Å². The maximum atomic E-state index is 13.6. The number of ether oxygens (including phenoxy) is 1. The van der Waals surface area contributed by atoms with Crippen molar-refractivity contribution in [3.63, 3.8) is 0 Å². The second-order valence-electron chi connectivity index (χ2n) is 4.95. The average molecular weight is 355 g/mol. The van der Waals surface area contributed by atoms with Gasteiger partial charge in [-0.3, -0.25) is 0 Å². The summed E-state index contributed by atoms with van der Waals surface area (Å²) >= 11 is 5.69. The highest BCUT2D eigenvalue weighted by Gasteiger charge is 2.23. The molecule has 1 saturated carbocycles. The molecule has 0 aromatic heterocycles. The van der Waals surface area contributed by atoms with Crippen LogP contribution in [0.5, 0.6) is 0 Å². The third-order valence-corrected chi connectivity index (χ3v) is 5.15. The van der Waals surface area contributed by atoms with Crippen molar-refractivity contribution >= 4 is 37.3 Å². The van der Waals surface area contributed by atoms with Crippen LogP contribution < -0.4 is 0 Å². The van der Waals surface area contributed by atoms with Crippen LogP contribution in [-0.2, 0) is 13.8 Å². The van der Waals surface area contributed by atoms with E-state index in [-0.39, 0.29) is 18.1 Å². The summed E-state index contributed by atoms with van der Waals surface area (Å²) in [5.74, 6) is -1.60. The van der Waals surface area contributed by atoms with E-state index in [9.17, 15) is 17.6 Å². The molecule has 1 aromatic carbocycles. The Kier molecular flexibility index (Phi) is 5.11. The largest absolute Gasteiger partial charge is 0.462 e. The molecule has 0 bridgehead atoms. The first-order valence-electron chi connectivity index (χ1n) is 6.40. The third-order valence-electron chi connectivity index (χ3n) is 3.43. The minimum absolute atomic E-state index is 0.217. The molecule has 1 aromatic rings. The van der Waals surface area contributed by atoms with Gasteiger partial charge in [-0.2, -0.15) is 0 Å². The zero-order valence-electron chi connectivity index (χ0n) is 10.9. The minimum Gasteiger partial charge on any atom is -0.462 e. The van der Waals surface area contributed by atoms with Crippen LogP contribution >= 0.6 is 22.3 Å². The third kappa shape index (κ3) is 4.08. The fourth-order valence-electron chi connectivity index (χ4n) is 2.30. The summed E-state index contributed by atoms with van der Waals surface area (Å²) in [4.78, 5) is 11.4. The van der Waals surface area contributed by atoms with Gasteiger partial charge < -0.3 is 4.74 Å². The number of hydrogen-bond donors (Lipinski definition) is 0. The lowest BCUT2D eigenvalue weighted by Crippen LogP contribution is -2.13. The van der Waals surface area contributed by atoms with Gasteiger partial charge in [0, 0.05) is 10.7 Å². The molecule has 0 spiro atoms. The van der Waals surface area contributed by atoms with Gasteiger partial charge in [0.05, 0.1) is 22.1 Å². The maximum Gasteiger partial charge on any atom is 0.339 e. The van der Waals surface area contributed by atoms with E-state index in [1.165, 1.54) is 0 Å². The van der Waals surface area contributed by atoms with E-state index in [0.717, 1.165) is 31.7 Å². The Morgan fingerprint density at radius 2 is 1.95 bits per heavy atom. The van der Waals surface area contributed by atoms with E-state index in [2.05, 4.69) is 0 Å². The lowest BCUT2D eigenvalue weighted by atomic mass is 10.1. The Morgan fingerprint density at radius 1 is 1.33 bits per heavy atom. The van der Waals surface area contributed by atoms with Gasteiger partial charge in [0.25, 0.3) is 9.05 Å². The molecule has 0 atom stereocenters. The molecular weight excluding hydrogens is 342 g/mol. The molecule has 0 unspecified atom stereocenters. The molecular formula is C13H13Cl2FO4S. The summed E-state index contributed by atoms with van der Waals surface area (Å²) in [5, 5.41) is -0.476. The van der Waals surface area contributed by atoms with Crippen molar-refractivity contribution in [1.29, 1.82) is 0 Å². The van der Waals surface area contributed by atoms with Crippen LogP contribution in [0.4, 0.5) is 4.39 Å². The van der Waals surface area contributed by atoms with Crippen molar-refractivity contribution in [2.75, 3.05) is 6.61 Å². The first-order valence-corrected chi connectivity index (χ1v) is 9.08. The highest BCUT2D eigenvalue weighted by Crippen LogP contribution is 2.28. The van der Waals surface area contributed by atoms with Gasteiger partial charge in [-0.05, 0) is 30.9 Å². The van der Waals surface area contributed by atoms with Crippen LogP contribution in [0.15, 0.2) is 17.0 Å². The molecule has 0 N–H and O–H groups in total. The zero-order valence-corrected chi connectivity index (χ0v) is 13.3. The number of hydrogen-bond acceptors (Lipinski definition) is 4. The summed E-state index contributed by atoms with van der Waals surface area (Å²) in [5.41, 5.74) is -0.339. The molecule has 0 aliphatic heterocycles. The van der Waals surface area contributed by atoms with Crippen molar-refractivity contribution in [2.45, 2.75) is 30.6 Å². The van der Waals surface area contributed by atoms with E-state index in [4.69, 9.17) is 27.0 Å². The smallest absolute Gasteiger partial charge is 0.339 e. The van der Waals surface area contributed by atoms with E-state index < -0.39 is 30.8 Å². The van der Waals surface area contributed by atoms with Crippen molar-refractivity contribution in [1.82, 2.24) is 0 Å². The second kappa shape index (κ2) is 6.50. The van der Waals surface area contributed by atoms with E-state index in [1.807, 2.05) is 0 Å². The van der Waals surface area contributed by atoms with Gasteiger partial charge in [-0.25, -0.2) is 17.6 Å². The van der Waals surface area contributed by atoms with Crippen molar-refractivity contribution in [3.05, 3.63) is 28.5 Å². The maximum absolute atomic E-state index is 13.6. The SMILES string of the molecule is O=C(OCC1CCCC1)c1cc(S(=O)(=O)Cl)cc(F)c1Cl. The molecule has 1 fully saturated rings. The highest BCUT2D eigenvalue weighted by molar-refractivity contribution is 8.13. The van der Waals surface area contributed by atoms with Gasteiger partial charge in [0.1, 0.15) is 5.82 Å². The van der Waals surface area contributed by atoms with Gasteiger partial charge in [-0.1, -0.05) is 24.4 Å². The average Bonchev–Trinajstić information content (AvgIpc) is 2.91. The normalized spacial score (nSPS) is 16.1. The molecule has 0 radical (unpaired) electrons. The molecule has 2 rings (SSSR count). The predicted octanol–water partition coefficient (Wildman–Crippen LogP) is 3.75. The molecule has 0 saturated heterocycles. The van der Waals surface area contributed by atoms with E-state index in [0.29, 0.717) is 6.07 Å². The summed E-state index contributed by atoms with van der Waals surface area (Å²) in [6.07, 6.45) is 4.14. The van der Waals surface area contributed by atoms with Crippen LogP contribution in [0.1, 0.15) is 36.0 Å². The summed E-state index contributed by atoms with van der Waals surface area (Å²) in [6, 6.07) is 1.59. The Bertz CT molecular complexity index is 654. The molecule has 21 heavy (non-hydrogen) atoms. The molecule has 0 amide bonds. The summed E-state index contributed by atoms with van der Waals surface area (Å²) < 4.78 is 41.2. The number of benzene rings is 1. The quantitative estimate of drug-likeness (QED) is 0.610. The second-order valence-corrected chi connectivity index (χ2v) is 7.90. The number of halogens is 3. The predicted molar refractivity (Wildman–Crippen MR) is 76.7 cm³/mol. The van der Waals surface area contributed by atoms with Crippen LogP contribution in [0.2, 0.25) is 5.02 Å². The Morgan fingerprint density at radius 3 is 2.52 bits per heavy atom. The van der Waals surface area contributed by atoms with E-state index >= 15 is 0 Å². The Balaban J connectivity index is 2.21. The first-order chi connectivity index (χ1) is 9.79. The van der Waals surface area contributed by atoms with Crippen molar-refractivity contribution in [3.8, 4) is 0 Å². The molecule has 116 valence electrons. The van der Waals surface area contributed by atoms with Gasteiger partial charge in [0.15, 0.2) is 0 Å². The van der Waals surface area contributed by atoms with Gasteiger partial charge in [0.2, 0.25) is 0 Å². The fraction of sp³-hybridized carbons (Fsp3) is 0.462. The number of rotatable bonds is 4. The monoisotopic (exact) mass is 354 g/mol. The topological polar surface area (TPSA) is 60.4 Å². The fourth-order valence-corrected chi connectivity index (χ4v) is 3.26. The molecule has 1 aliphatic rings. The zero-order chi connectivity index (χ0) is 15.6. The van der Waals surface area contributed by atoms with Crippen LogP contribution in [0.3, 0.4) is 0 Å².